The molecule has 3 heterocycles. The number of aliphatic hydroxyl groups excluding tert-OH is 1. The number of nitrogens with one attached hydrogen (secondary N) is 2. The third-order valence-electron chi connectivity index (χ3n) is 7.52. The average molecular weight is 477 g/mol. The number of hydrogen-bond acceptors (Lipinski definition) is 5. The van der Waals surface area contributed by atoms with E-state index < -0.39 is 0 Å². The molecule has 5 rings (SSSR count). The van der Waals surface area contributed by atoms with Crippen molar-refractivity contribution in [1.29, 1.82) is 0 Å². The van der Waals surface area contributed by atoms with Crippen molar-refractivity contribution in [3.05, 3.63) is 54.2 Å². The van der Waals surface area contributed by atoms with Crippen LogP contribution in [-0.2, 0) is 0 Å². The van der Waals surface area contributed by atoms with Crippen LogP contribution in [0.5, 0.6) is 5.75 Å². The first-order valence-electron chi connectivity index (χ1n) is 12.8. The number of rotatable bonds is 7. The standard InChI is InChI=1S/C28H36N4O3/c1-35-23-7-5-20(6-8-23)24-3-2-4-26-25(24)19-27(30-26)28(34)29-21-9-13-31(14-10-21)17-18-32-15-11-22(33)12-16-32/h2-8,19,21-22,30,33H,9-18H2,1H3,(H,29,34). The maximum absolute atomic E-state index is 13.1. The zero-order chi connectivity index (χ0) is 24.2. The third-order valence-corrected chi connectivity index (χ3v) is 7.52. The summed E-state index contributed by atoms with van der Waals surface area (Å²) >= 11 is 0. The van der Waals surface area contributed by atoms with Gasteiger partial charge in [-0.1, -0.05) is 24.3 Å². The van der Waals surface area contributed by atoms with Crippen molar-refractivity contribution in [3.63, 3.8) is 0 Å². The molecule has 2 saturated heterocycles. The van der Waals surface area contributed by atoms with Crippen LogP contribution in [0.3, 0.4) is 0 Å². The Morgan fingerprint density at radius 3 is 2.31 bits per heavy atom. The Balaban J connectivity index is 1.16. The monoisotopic (exact) mass is 476 g/mol. The molecule has 1 aromatic heterocycles. The van der Waals surface area contributed by atoms with Crippen LogP contribution < -0.4 is 10.1 Å². The second kappa shape index (κ2) is 10.8. The number of likely N-dealkylation sites (tertiary alicyclic amines) is 2. The summed E-state index contributed by atoms with van der Waals surface area (Å²) in [6.45, 7) is 6.14. The highest BCUT2D eigenvalue weighted by molar-refractivity contribution is 6.03. The number of H-pyrrole nitrogens is 1. The Morgan fingerprint density at radius 1 is 1.00 bits per heavy atom. The molecule has 2 fully saturated rings. The number of hydrogen-bond donors (Lipinski definition) is 3. The molecule has 0 radical (unpaired) electrons. The minimum Gasteiger partial charge on any atom is -0.497 e. The summed E-state index contributed by atoms with van der Waals surface area (Å²) in [6, 6.07) is 16.3. The Morgan fingerprint density at radius 2 is 1.66 bits per heavy atom. The molecule has 186 valence electrons. The number of aromatic nitrogens is 1. The van der Waals surface area contributed by atoms with Crippen LogP contribution in [-0.4, -0.2) is 84.3 Å². The molecule has 1 amide bonds. The highest BCUT2D eigenvalue weighted by Gasteiger charge is 2.23. The summed E-state index contributed by atoms with van der Waals surface area (Å²) in [5.74, 6) is 0.791. The first-order valence-corrected chi connectivity index (χ1v) is 12.8. The number of benzene rings is 2. The van der Waals surface area contributed by atoms with Crippen LogP contribution in [0.4, 0.5) is 0 Å². The minimum atomic E-state index is -0.114. The molecule has 2 aliphatic heterocycles. The van der Waals surface area contributed by atoms with Gasteiger partial charge in [-0.3, -0.25) is 4.79 Å². The summed E-state index contributed by atoms with van der Waals surface area (Å²) in [5, 5.41) is 14.0. The molecule has 3 aromatic rings. The van der Waals surface area contributed by atoms with E-state index in [0.717, 1.165) is 92.7 Å². The fourth-order valence-corrected chi connectivity index (χ4v) is 5.29. The molecule has 0 bridgehead atoms. The lowest BCUT2D eigenvalue weighted by Gasteiger charge is -2.35. The molecule has 0 aliphatic carbocycles. The van der Waals surface area contributed by atoms with Crippen LogP contribution in [0.1, 0.15) is 36.2 Å². The number of fused-ring (bicyclic) bond motifs is 1. The van der Waals surface area contributed by atoms with Gasteiger partial charge < -0.3 is 29.9 Å². The smallest absolute Gasteiger partial charge is 0.267 e. The molecule has 2 aliphatic rings. The zero-order valence-corrected chi connectivity index (χ0v) is 20.5. The van der Waals surface area contributed by atoms with Gasteiger partial charge in [-0.05, 0) is 61.1 Å². The Hall–Kier alpha value is -2.87. The first kappa shape index (κ1) is 23.9. The van der Waals surface area contributed by atoms with E-state index in [1.54, 1.807) is 7.11 Å². The van der Waals surface area contributed by atoms with Crippen LogP contribution in [0.25, 0.3) is 22.0 Å². The lowest BCUT2D eigenvalue weighted by molar-refractivity contribution is 0.0729. The summed E-state index contributed by atoms with van der Waals surface area (Å²) in [5.41, 5.74) is 3.76. The normalized spacial score (nSPS) is 18.7. The fourth-order valence-electron chi connectivity index (χ4n) is 5.29. The number of nitrogens with zero attached hydrogens (tertiary/aromatic N) is 2. The molecule has 7 heteroatoms. The van der Waals surface area contributed by atoms with Gasteiger partial charge in [0.1, 0.15) is 11.4 Å². The van der Waals surface area contributed by atoms with E-state index in [2.05, 4.69) is 26.2 Å². The second-order valence-electron chi connectivity index (χ2n) is 9.84. The predicted octanol–water partition coefficient (Wildman–Crippen LogP) is 3.49. The quantitative estimate of drug-likeness (QED) is 0.486. The van der Waals surface area contributed by atoms with Crippen molar-refractivity contribution in [3.8, 4) is 16.9 Å². The molecule has 2 aromatic carbocycles. The Bertz CT molecular complexity index is 1130. The average Bonchev–Trinajstić information content (AvgIpc) is 3.34. The van der Waals surface area contributed by atoms with Gasteiger partial charge in [0.25, 0.3) is 5.91 Å². The molecule has 0 saturated carbocycles. The van der Waals surface area contributed by atoms with Crippen molar-refractivity contribution in [2.45, 2.75) is 37.8 Å². The van der Waals surface area contributed by atoms with Crippen LogP contribution in [0, 0.1) is 0 Å². The summed E-state index contributed by atoms with van der Waals surface area (Å²) in [7, 11) is 1.67. The number of methoxy groups -OCH3 is 1. The number of carbonyl (C=O) groups excluding carboxylic acids is 1. The summed E-state index contributed by atoms with van der Waals surface area (Å²) in [4.78, 5) is 21.3. The van der Waals surface area contributed by atoms with Crippen molar-refractivity contribution >= 4 is 16.8 Å². The van der Waals surface area contributed by atoms with Gasteiger partial charge in [0, 0.05) is 56.2 Å². The van der Waals surface area contributed by atoms with Gasteiger partial charge >= 0.3 is 0 Å². The number of aliphatic hydroxyl groups is 1. The summed E-state index contributed by atoms with van der Waals surface area (Å²) < 4.78 is 5.28. The topological polar surface area (TPSA) is 80.8 Å². The molecule has 0 spiro atoms. The van der Waals surface area contributed by atoms with Crippen molar-refractivity contribution < 1.29 is 14.6 Å². The van der Waals surface area contributed by atoms with Gasteiger partial charge in [0.05, 0.1) is 13.2 Å². The second-order valence-corrected chi connectivity index (χ2v) is 9.84. The van der Waals surface area contributed by atoms with E-state index >= 15 is 0 Å². The Kier molecular flexibility index (Phi) is 7.37. The number of piperidine rings is 2. The molecule has 7 nitrogen and oxygen atoms in total. The van der Waals surface area contributed by atoms with E-state index in [9.17, 15) is 9.90 Å². The number of aromatic amines is 1. The van der Waals surface area contributed by atoms with Crippen molar-refractivity contribution in [2.75, 3.05) is 46.4 Å². The van der Waals surface area contributed by atoms with E-state index in [1.807, 2.05) is 42.5 Å². The molecule has 35 heavy (non-hydrogen) atoms. The Labute approximate surface area is 207 Å². The molecule has 3 N–H and O–H groups in total. The van der Waals surface area contributed by atoms with Gasteiger partial charge in [-0.25, -0.2) is 0 Å². The number of ether oxygens (including phenoxy) is 1. The van der Waals surface area contributed by atoms with Gasteiger partial charge in [-0.15, -0.1) is 0 Å². The van der Waals surface area contributed by atoms with Crippen molar-refractivity contribution in [2.24, 2.45) is 0 Å². The van der Waals surface area contributed by atoms with Gasteiger partial charge in [-0.2, -0.15) is 0 Å². The third kappa shape index (κ3) is 5.69. The first-order chi connectivity index (χ1) is 17.1. The maximum Gasteiger partial charge on any atom is 0.267 e. The fraction of sp³-hybridized carbons (Fsp3) is 0.464. The van der Waals surface area contributed by atoms with Crippen LogP contribution >= 0.6 is 0 Å². The van der Waals surface area contributed by atoms with Gasteiger partial charge in [0.15, 0.2) is 0 Å². The molecular formula is C28H36N4O3. The molecule has 0 unspecified atom stereocenters. The highest BCUT2D eigenvalue weighted by atomic mass is 16.5. The lowest BCUT2D eigenvalue weighted by atomic mass is 10.0. The van der Waals surface area contributed by atoms with Gasteiger partial charge in [0.2, 0.25) is 0 Å². The van der Waals surface area contributed by atoms with E-state index in [1.165, 1.54) is 0 Å². The van der Waals surface area contributed by atoms with E-state index in [0.29, 0.717) is 5.69 Å². The summed E-state index contributed by atoms with van der Waals surface area (Å²) in [6.07, 6.45) is 3.62. The SMILES string of the molecule is COc1ccc(-c2cccc3[nH]c(C(=O)NC4CCN(CCN5CCC(O)CC5)CC4)cc23)cc1. The number of carbonyl (C=O) groups is 1. The highest BCUT2D eigenvalue weighted by Crippen LogP contribution is 2.30. The van der Waals surface area contributed by atoms with E-state index in [-0.39, 0.29) is 18.1 Å². The zero-order valence-electron chi connectivity index (χ0n) is 20.5. The molecular weight excluding hydrogens is 440 g/mol. The number of amides is 1. The lowest BCUT2D eigenvalue weighted by Crippen LogP contribution is -2.47. The largest absolute Gasteiger partial charge is 0.497 e. The van der Waals surface area contributed by atoms with Crippen LogP contribution in [0.2, 0.25) is 0 Å². The van der Waals surface area contributed by atoms with Crippen LogP contribution in [0.15, 0.2) is 48.5 Å². The maximum atomic E-state index is 13.1. The van der Waals surface area contributed by atoms with Crippen molar-refractivity contribution in [1.82, 2.24) is 20.1 Å². The molecule has 0 atom stereocenters. The predicted molar refractivity (Wildman–Crippen MR) is 139 cm³/mol. The van der Waals surface area contributed by atoms with E-state index in [4.69, 9.17) is 4.74 Å². The minimum absolute atomic E-state index is 0.0350.